The van der Waals surface area contributed by atoms with Gasteiger partial charge in [-0.05, 0) is 76.2 Å². The Labute approximate surface area is 194 Å². The number of nitrogens with zero attached hydrogens (tertiary/aromatic N) is 1. The maximum atomic E-state index is 11.9. The normalized spacial score (nSPS) is 19.5. The number of likely N-dealkylation sites (N-methyl/N-ethyl adjacent to an activating group) is 1. The summed E-state index contributed by atoms with van der Waals surface area (Å²) in [4.78, 5) is 13.7. The highest BCUT2D eigenvalue weighted by atomic mass is 16.6. The molecule has 5 heteroatoms. The lowest BCUT2D eigenvalue weighted by atomic mass is 9.79. The molecule has 1 aromatic rings. The van der Waals surface area contributed by atoms with Gasteiger partial charge in [-0.15, -0.1) is 0 Å². The number of rotatable bonds is 14. The molecule has 1 unspecified atom stereocenters. The number of aliphatic hydroxyl groups excluding tert-OH is 1. The van der Waals surface area contributed by atoms with Gasteiger partial charge in [0.25, 0.3) is 0 Å². The molecule has 0 aliphatic heterocycles. The Morgan fingerprint density at radius 2 is 1.81 bits per heavy atom. The fourth-order valence-electron chi connectivity index (χ4n) is 4.40. The van der Waals surface area contributed by atoms with E-state index in [-0.39, 0.29) is 11.9 Å². The van der Waals surface area contributed by atoms with Gasteiger partial charge < -0.3 is 19.5 Å². The van der Waals surface area contributed by atoms with Crippen molar-refractivity contribution in [3.63, 3.8) is 0 Å². The summed E-state index contributed by atoms with van der Waals surface area (Å²) in [5, 5.41) is 10.5. The molecule has 1 aromatic carbocycles. The van der Waals surface area contributed by atoms with Crippen LogP contribution in [-0.2, 0) is 16.0 Å². The molecule has 1 saturated carbocycles. The van der Waals surface area contributed by atoms with Crippen LogP contribution >= 0.6 is 0 Å². The molecule has 0 heterocycles. The van der Waals surface area contributed by atoms with E-state index in [9.17, 15) is 9.90 Å². The van der Waals surface area contributed by atoms with Crippen LogP contribution in [0.3, 0.4) is 0 Å². The standard InChI is InChI=1S/C27H43NO4/c1-5-6-7-9-22-11-15-24(16-12-22)27(30)32-25-17-13-23(14-18-25)10-8-19-31-26(29)21(2)20-28(3)4/h13-14,17-18,22,24,27,30H,2,5-12,15-16,19-20H2,1,3-4H3. The minimum absolute atomic E-state index is 0.231. The number of carbonyl (C=O) groups is 1. The van der Waals surface area contributed by atoms with Crippen LogP contribution in [0.1, 0.15) is 70.3 Å². The number of aryl methyl sites for hydroxylation is 1. The van der Waals surface area contributed by atoms with E-state index in [1.165, 1.54) is 38.5 Å². The fraction of sp³-hybridized carbons (Fsp3) is 0.667. The molecule has 32 heavy (non-hydrogen) atoms. The van der Waals surface area contributed by atoms with Crippen molar-refractivity contribution < 1.29 is 19.4 Å². The first-order valence-corrected chi connectivity index (χ1v) is 12.3. The van der Waals surface area contributed by atoms with Gasteiger partial charge in [-0.25, -0.2) is 4.79 Å². The smallest absolute Gasteiger partial charge is 0.334 e. The van der Waals surface area contributed by atoms with Crippen molar-refractivity contribution in [2.24, 2.45) is 11.8 Å². The van der Waals surface area contributed by atoms with E-state index in [0.29, 0.717) is 24.5 Å². The Balaban J connectivity index is 1.65. The second kappa shape index (κ2) is 14.3. The minimum Gasteiger partial charge on any atom is -0.465 e. The predicted molar refractivity (Wildman–Crippen MR) is 130 cm³/mol. The van der Waals surface area contributed by atoms with Crippen LogP contribution in [0.2, 0.25) is 0 Å². The molecule has 5 nitrogen and oxygen atoms in total. The summed E-state index contributed by atoms with van der Waals surface area (Å²) < 4.78 is 11.1. The van der Waals surface area contributed by atoms with Crippen LogP contribution in [0.15, 0.2) is 36.4 Å². The quantitative estimate of drug-likeness (QED) is 0.181. The molecule has 0 amide bonds. The highest BCUT2D eigenvalue weighted by Gasteiger charge is 2.27. The molecule has 1 fully saturated rings. The number of hydrogen-bond acceptors (Lipinski definition) is 5. The van der Waals surface area contributed by atoms with E-state index in [4.69, 9.17) is 9.47 Å². The third kappa shape index (κ3) is 9.74. The zero-order valence-corrected chi connectivity index (χ0v) is 20.4. The van der Waals surface area contributed by atoms with Crippen LogP contribution in [0, 0.1) is 11.8 Å². The second-order valence-corrected chi connectivity index (χ2v) is 9.51. The number of carbonyl (C=O) groups excluding carboxylic acids is 1. The highest BCUT2D eigenvalue weighted by molar-refractivity contribution is 5.88. The van der Waals surface area contributed by atoms with E-state index in [1.807, 2.05) is 43.3 Å². The third-order valence-corrected chi connectivity index (χ3v) is 6.33. The number of hydrogen-bond donors (Lipinski definition) is 1. The molecule has 180 valence electrons. The maximum absolute atomic E-state index is 11.9. The first kappa shape index (κ1) is 26.4. The Morgan fingerprint density at radius 3 is 2.44 bits per heavy atom. The summed E-state index contributed by atoms with van der Waals surface area (Å²) in [6.07, 6.45) is 10.7. The summed E-state index contributed by atoms with van der Waals surface area (Å²) in [5.74, 6) is 1.44. The van der Waals surface area contributed by atoms with Crippen molar-refractivity contribution in [1.29, 1.82) is 0 Å². The number of esters is 1. The van der Waals surface area contributed by atoms with E-state index in [1.54, 1.807) is 0 Å². The molecule has 1 N–H and O–H groups in total. The van der Waals surface area contributed by atoms with Gasteiger partial charge in [0.1, 0.15) is 5.75 Å². The van der Waals surface area contributed by atoms with E-state index in [2.05, 4.69) is 13.5 Å². The number of unbranched alkanes of at least 4 members (excludes halogenated alkanes) is 2. The lowest BCUT2D eigenvalue weighted by Crippen LogP contribution is -2.30. The first-order valence-electron chi connectivity index (χ1n) is 12.3. The molecule has 1 aliphatic rings. The Hall–Kier alpha value is -1.85. The molecular formula is C27H43NO4. The maximum Gasteiger partial charge on any atom is 0.334 e. The van der Waals surface area contributed by atoms with Crippen molar-refractivity contribution >= 4 is 5.97 Å². The molecule has 0 aromatic heterocycles. The lowest BCUT2D eigenvalue weighted by molar-refractivity contribution is -0.139. The molecule has 1 aliphatic carbocycles. The average molecular weight is 446 g/mol. The molecule has 0 saturated heterocycles. The average Bonchev–Trinajstić information content (AvgIpc) is 2.77. The Kier molecular flexibility index (Phi) is 11.8. The molecule has 0 radical (unpaired) electrons. The zero-order chi connectivity index (χ0) is 23.3. The van der Waals surface area contributed by atoms with E-state index in [0.717, 1.165) is 37.2 Å². The summed E-state index contributed by atoms with van der Waals surface area (Å²) in [6, 6.07) is 7.86. The van der Waals surface area contributed by atoms with Gasteiger partial charge in [0.15, 0.2) is 6.29 Å². The van der Waals surface area contributed by atoms with Gasteiger partial charge >= 0.3 is 5.97 Å². The minimum atomic E-state index is -0.730. The summed E-state index contributed by atoms with van der Waals surface area (Å²) >= 11 is 0. The topological polar surface area (TPSA) is 59.0 Å². The molecule has 0 bridgehead atoms. The summed E-state index contributed by atoms with van der Waals surface area (Å²) in [6.45, 7) is 6.90. The fourth-order valence-corrected chi connectivity index (χ4v) is 4.40. The van der Waals surface area contributed by atoms with Crippen molar-refractivity contribution in [3.8, 4) is 5.75 Å². The van der Waals surface area contributed by atoms with Crippen molar-refractivity contribution in [2.75, 3.05) is 27.2 Å². The van der Waals surface area contributed by atoms with Crippen molar-refractivity contribution in [3.05, 3.63) is 42.0 Å². The van der Waals surface area contributed by atoms with Gasteiger partial charge in [-0.2, -0.15) is 0 Å². The number of aliphatic hydroxyl groups is 1. The van der Waals surface area contributed by atoms with Gasteiger partial charge in [-0.3, -0.25) is 0 Å². The van der Waals surface area contributed by atoms with Gasteiger partial charge in [0.2, 0.25) is 0 Å². The molecule has 1 atom stereocenters. The second-order valence-electron chi connectivity index (χ2n) is 9.51. The lowest BCUT2D eigenvalue weighted by Gasteiger charge is -2.31. The molecule has 0 spiro atoms. The van der Waals surface area contributed by atoms with Crippen LogP contribution in [0.25, 0.3) is 0 Å². The first-order chi connectivity index (χ1) is 15.4. The van der Waals surface area contributed by atoms with Crippen molar-refractivity contribution in [1.82, 2.24) is 4.90 Å². The van der Waals surface area contributed by atoms with Crippen LogP contribution < -0.4 is 4.74 Å². The van der Waals surface area contributed by atoms with Crippen LogP contribution in [0.5, 0.6) is 5.75 Å². The zero-order valence-electron chi connectivity index (χ0n) is 20.4. The number of benzene rings is 1. The van der Waals surface area contributed by atoms with E-state index >= 15 is 0 Å². The summed E-state index contributed by atoms with van der Waals surface area (Å²) in [7, 11) is 3.79. The SMILES string of the molecule is C=C(CN(C)C)C(=O)OCCCc1ccc(OC(O)C2CCC(CCCCC)CC2)cc1. The van der Waals surface area contributed by atoms with Crippen LogP contribution in [-0.4, -0.2) is 49.5 Å². The van der Waals surface area contributed by atoms with Gasteiger partial charge in [0, 0.05) is 18.0 Å². The van der Waals surface area contributed by atoms with Crippen molar-refractivity contribution in [2.45, 2.75) is 77.4 Å². The van der Waals surface area contributed by atoms with Gasteiger partial charge in [0.05, 0.1) is 6.61 Å². The Morgan fingerprint density at radius 1 is 1.12 bits per heavy atom. The molecular weight excluding hydrogens is 402 g/mol. The summed E-state index contributed by atoms with van der Waals surface area (Å²) in [5.41, 5.74) is 1.63. The largest absolute Gasteiger partial charge is 0.465 e. The molecule has 2 rings (SSSR count). The van der Waals surface area contributed by atoms with E-state index < -0.39 is 6.29 Å². The monoisotopic (exact) mass is 445 g/mol. The predicted octanol–water partition coefficient (Wildman–Crippen LogP) is 5.36. The van der Waals surface area contributed by atoms with Gasteiger partial charge in [-0.1, -0.05) is 51.3 Å². The third-order valence-electron chi connectivity index (χ3n) is 6.33. The highest BCUT2D eigenvalue weighted by Crippen LogP contribution is 2.34. The number of ether oxygens (including phenoxy) is 2. The van der Waals surface area contributed by atoms with Crippen LogP contribution in [0.4, 0.5) is 0 Å². The Bertz CT molecular complexity index is 677.